The Morgan fingerprint density at radius 1 is 1.50 bits per heavy atom. The highest BCUT2D eigenvalue weighted by molar-refractivity contribution is 7.51. The van der Waals surface area contributed by atoms with E-state index in [9.17, 15) is 4.57 Å². The maximum atomic E-state index is 10.9. The molecule has 2 N–H and O–H groups in total. The first-order valence-electron chi connectivity index (χ1n) is 6.40. The summed E-state index contributed by atoms with van der Waals surface area (Å²) >= 11 is 0. The van der Waals surface area contributed by atoms with Crippen molar-refractivity contribution in [2.75, 3.05) is 6.35 Å². The maximum absolute atomic E-state index is 10.9. The molecule has 2 aromatic rings. The largest absolute Gasteiger partial charge is 0.357 e. The molecule has 0 spiro atoms. The van der Waals surface area contributed by atoms with Crippen molar-refractivity contribution in [1.82, 2.24) is 19.5 Å². The van der Waals surface area contributed by atoms with E-state index in [4.69, 9.17) is 14.5 Å². The Labute approximate surface area is 127 Å². The molecule has 2 rings (SSSR count). The second-order valence-corrected chi connectivity index (χ2v) is 6.37. The lowest BCUT2D eigenvalue weighted by Crippen LogP contribution is -2.17. The van der Waals surface area contributed by atoms with Crippen molar-refractivity contribution < 1.29 is 19.1 Å². The van der Waals surface area contributed by atoms with Gasteiger partial charge >= 0.3 is 7.60 Å². The first-order valence-corrected chi connectivity index (χ1v) is 8.20. The van der Waals surface area contributed by atoms with Gasteiger partial charge in [0, 0.05) is 6.54 Å². The molecule has 0 bridgehead atoms. The Balaban J connectivity index is 2.14. The minimum atomic E-state index is -4.24. The molecule has 1 atom stereocenters. The summed E-state index contributed by atoms with van der Waals surface area (Å²) in [6.45, 7) is 9.67. The molecule has 8 nitrogen and oxygen atoms in total. The molecule has 0 aliphatic rings. The summed E-state index contributed by atoms with van der Waals surface area (Å²) in [6, 6.07) is 0. The summed E-state index contributed by atoms with van der Waals surface area (Å²) in [4.78, 5) is 30.2. The molecule has 0 saturated carbocycles. The Hall–Kier alpha value is -1.86. The van der Waals surface area contributed by atoms with Crippen molar-refractivity contribution in [1.29, 1.82) is 0 Å². The first kappa shape index (κ1) is 16.5. The van der Waals surface area contributed by atoms with Gasteiger partial charge < -0.3 is 19.1 Å². The number of fused-ring (bicyclic) bond motifs is 1. The van der Waals surface area contributed by atoms with Gasteiger partial charge in [-0.05, 0) is 12.5 Å². The number of imidazole rings is 1. The summed E-state index contributed by atoms with van der Waals surface area (Å²) in [5.41, 5.74) is 2.71. The molecule has 118 valence electrons. The lowest BCUT2D eigenvalue weighted by molar-refractivity contribution is 0.129. The molecule has 0 fully saturated rings. The summed E-state index contributed by atoms with van der Waals surface area (Å²) in [7, 11) is -4.24. The Kier molecular flexibility index (Phi) is 4.87. The van der Waals surface area contributed by atoms with Crippen LogP contribution < -0.4 is 0 Å². The topological polar surface area (TPSA) is 110 Å². The first-order chi connectivity index (χ1) is 10.3. The van der Waals surface area contributed by atoms with E-state index in [0.29, 0.717) is 23.3 Å². The average Bonchev–Trinajstić information content (AvgIpc) is 2.83. The smallest absolute Gasteiger partial charge is 0.351 e. The molecular formula is C13H17N4O4P. The fourth-order valence-electron chi connectivity index (χ4n) is 1.95. The number of hydrogen-bond acceptors (Lipinski definition) is 5. The molecule has 0 aromatic carbocycles. The van der Waals surface area contributed by atoms with Gasteiger partial charge in [0.05, 0.1) is 18.1 Å². The van der Waals surface area contributed by atoms with E-state index in [1.54, 1.807) is 10.9 Å². The van der Waals surface area contributed by atoms with Crippen LogP contribution in [0, 0.1) is 6.92 Å². The van der Waals surface area contributed by atoms with Crippen molar-refractivity contribution in [2.45, 2.75) is 19.6 Å². The molecule has 0 unspecified atom stereocenters. The standard InChI is InChI=1S/C13H17N4O4P/c1-4-11(21-8-22(18,19)20)9(2)5-17-7-16-12-10(3)14-6-15-13(12)17/h4,6-7,11H,1-2,5,8H2,3H3,(H2,18,19,20)/t11-/m1/s1. The molecular weight excluding hydrogens is 307 g/mol. The van der Waals surface area contributed by atoms with E-state index >= 15 is 0 Å². The lowest BCUT2D eigenvalue weighted by atomic mass is 10.1. The van der Waals surface area contributed by atoms with Crippen LogP contribution in [0.2, 0.25) is 0 Å². The number of nitrogens with zero attached hydrogens (tertiary/aromatic N) is 4. The summed E-state index contributed by atoms with van der Waals surface area (Å²) in [5, 5.41) is 0. The van der Waals surface area contributed by atoms with Crippen molar-refractivity contribution in [3.63, 3.8) is 0 Å². The molecule has 0 amide bonds. The Morgan fingerprint density at radius 3 is 2.86 bits per heavy atom. The second-order valence-electron chi connectivity index (χ2n) is 4.78. The van der Waals surface area contributed by atoms with E-state index in [1.807, 2.05) is 6.92 Å². The van der Waals surface area contributed by atoms with Crippen molar-refractivity contribution in [3.05, 3.63) is 43.2 Å². The Morgan fingerprint density at radius 2 is 2.23 bits per heavy atom. The van der Waals surface area contributed by atoms with Crippen LogP contribution in [0.25, 0.3) is 11.2 Å². The molecule has 0 aliphatic heterocycles. The van der Waals surface area contributed by atoms with Crippen LogP contribution in [-0.4, -0.2) is 41.8 Å². The number of ether oxygens (including phenoxy) is 1. The minimum Gasteiger partial charge on any atom is -0.357 e. The average molecular weight is 324 g/mol. The third kappa shape index (κ3) is 3.86. The van der Waals surface area contributed by atoms with Crippen LogP contribution in [0.1, 0.15) is 5.69 Å². The predicted octanol–water partition coefficient (Wildman–Crippen LogP) is 1.40. The van der Waals surface area contributed by atoms with Gasteiger partial charge in [0.15, 0.2) is 5.65 Å². The second kappa shape index (κ2) is 6.50. The zero-order valence-corrected chi connectivity index (χ0v) is 13.0. The molecule has 22 heavy (non-hydrogen) atoms. The number of aromatic nitrogens is 4. The predicted molar refractivity (Wildman–Crippen MR) is 81.2 cm³/mol. The molecule has 2 heterocycles. The van der Waals surface area contributed by atoms with E-state index in [-0.39, 0.29) is 0 Å². The zero-order chi connectivity index (χ0) is 16.3. The summed E-state index contributed by atoms with van der Waals surface area (Å²) in [5.74, 6) is 0. The third-order valence-corrected chi connectivity index (χ3v) is 3.48. The molecule has 0 saturated heterocycles. The van der Waals surface area contributed by atoms with Crippen LogP contribution >= 0.6 is 7.60 Å². The van der Waals surface area contributed by atoms with Crippen LogP contribution in [0.15, 0.2) is 37.5 Å². The van der Waals surface area contributed by atoms with Crippen LogP contribution in [0.3, 0.4) is 0 Å². The fourth-order valence-corrected chi connectivity index (χ4v) is 2.31. The van der Waals surface area contributed by atoms with Crippen LogP contribution in [0.5, 0.6) is 0 Å². The highest BCUT2D eigenvalue weighted by atomic mass is 31.2. The van der Waals surface area contributed by atoms with Gasteiger partial charge in [0.2, 0.25) is 0 Å². The lowest BCUT2D eigenvalue weighted by Gasteiger charge is -2.17. The van der Waals surface area contributed by atoms with E-state index in [2.05, 4.69) is 28.1 Å². The van der Waals surface area contributed by atoms with Crippen molar-refractivity contribution in [2.24, 2.45) is 0 Å². The monoisotopic (exact) mass is 324 g/mol. The van der Waals surface area contributed by atoms with Gasteiger partial charge in [-0.1, -0.05) is 12.7 Å². The molecule has 2 aromatic heterocycles. The number of hydrogen-bond donors (Lipinski definition) is 2. The van der Waals surface area contributed by atoms with Gasteiger partial charge in [0.25, 0.3) is 0 Å². The normalized spacial score (nSPS) is 13.2. The van der Waals surface area contributed by atoms with E-state index in [0.717, 1.165) is 5.69 Å². The third-order valence-electron chi connectivity index (χ3n) is 3.00. The quantitative estimate of drug-likeness (QED) is 0.585. The van der Waals surface area contributed by atoms with Crippen LogP contribution in [-0.2, 0) is 15.8 Å². The molecule has 0 radical (unpaired) electrons. The van der Waals surface area contributed by atoms with Crippen molar-refractivity contribution in [3.8, 4) is 0 Å². The van der Waals surface area contributed by atoms with Gasteiger partial charge in [0.1, 0.15) is 18.2 Å². The maximum Gasteiger partial charge on any atom is 0.351 e. The van der Waals surface area contributed by atoms with Gasteiger partial charge in [-0.3, -0.25) is 4.57 Å². The van der Waals surface area contributed by atoms with Gasteiger partial charge in [-0.25, -0.2) is 15.0 Å². The van der Waals surface area contributed by atoms with E-state index in [1.165, 1.54) is 12.4 Å². The minimum absolute atomic E-state index is 0.338. The SMILES string of the molecule is C=C[C@@H](OCP(=O)(O)O)C(=C)Cn1cnc2c(C)ncnc21. The van der Waals surface area contributed by atoms with Gasteiger partial charge in [-0.15, -0.1) is 6.58 Å². The highest BCUT2D eigenvalue weighted by Gasteiger charge is 2.19. The summed E-state index contributed by atoms with van der Waals surface area (Å²) in [6.07, 6.45) is 3.15. The molecule has 9 heteroatoms. The Bertz CT molecular complexity index is 752. The fraction of sp³-hybridized carbons (Fsp3) is 0.308. The zero-order valence-electron chi connectivity index (χ0n) is 12.1. The van der Waals surface area contributed by atoms with Crippen LogP contribution in [0.4, 0.5) is 0 Å². The van der Waals surface area contributed by atoms with E-state index < -0.39 is 20.0 Å². The highest BCUT2D eigenvalue weighted by Crippen LogP contribution is 2.35. The van der Waals surface area contributed by atoms with Gasteiger partial charge in [-0.2, -0.15) is 0 Å². The molecule has 0 aliphatic carbocycles. The summed E-state index contributed by atoms with van der Waals surface area (Å²) < 4.78 is 17.8. The number of rotatable bonds is 7. The van der Waals surface area contributed by atoms with Crippen molar-refractivity contribution >= 4 is 18.8 Å². The number of aryl methyl sites for hydroxylation is 1.